The van der Waals surface area contributed by atoms with Crippen LogP contribution in [0.4, 0.5) is 5.69 Å². The molecule has 2 N–H and O–H groups in total. The van der Waals surface area contributed by atoms with Gasteiger partial charge < -0.3 is 20.1 Å². The van der Waals surface area contributed by atoms with Crippen LogP contribution in [0, 0.1) is 5.92 Å². The van der Waals surface area contributed by atoms with Gasteiger partial charge in [0.25, 0.3) is 0 Å². The van der Waals surface area contributed by atoms with E-state index < -0.39 is 0 Å². The second-order valence-corrected chi connectivity index (χ2v) is 5.80. The van der Waals surface area contributed by atoms with Crippen molar-refractivity contribution >= 4 is 24.0 Å². The van der Waals surface area contributed by atoms with Gasteiger partial charge in [0, 0.05) is 12.5 Å². The number of anilines is 1. The summed E-state index contributed by atoms with van der Waals surface area (Å²) in [6.07, 6.45) is 3.83. The maximum atomic E-state index is 12.3. The van der Waals surface area contributed by atoms with E-state index in [-0.39, 0.29) is 18.3 Å². The van der Waals surface area contributed by atoms with Gasteiger partial charge in [-0.2, -0.15) is 0 Å². The minimum atomic E-state index is 0. The van der Waals surface area contributed by atoms with Crippen molar-refractivity contribution < 1.29 is 14.3 Å². The second kappa shape index (κ2) is 11.2. The predicted molar refractivity (Wildman–Crippen MR) is 99.5 cm³/mol. The quantitative estimate of drug-likeness (QED) is 0.746. The molecular formula is C18H29ClN2O3. The zero-order chi connectivity index (χ0) is 16.5. The molecule has 1 aromatic rings. The van der Waals surface area contributed by atoms with Crippen LogP contribution in [0.1, 0.15) is 39.5 Å². The highest BCUT2D eigenvalue weighted by Gasteiger charge is 2.15. The first-order valence-electron chi connectivity index (χ1n) is 8.63. The van der Waals surface area contributed by atoms with Gasteiger partial charge in [-0.3, -0.25) is 4.79 Å². The summed E-state index contributed by atoms with van der Waals surface area (Å²) in [6, 6.07) is 5.53. The molecule has 0 aliphatic carbocycles. The van der Waals surface area contributed by atoms with Crippen LogP contribution in [-0.2, 0) is 4.79 Å². The molecule has 24 heavy (non-hydrogen) atoms. The van der Waals surface area contributed by atoms with Gasteiger partial charge in [0.2, 0.25) is 5.91 Å². The van der Waals surface area contributed by atoms with Crippen LogP contribution < -0.4 is 20.1 Å². The molecule has 0 unspecified atom stereocenters. The number of amides is 1. The lowest BCUT2D eigenvalue weighted by molar-refractivity contribution is -0.116. The Morgan fingerprint density at radius 3 is 2.58 bits per heavy atom. The number of carbonyl (C=O) groups excluding carboxylic acids is 1. The van der Waals surface area contributed by atoms with E-state index in [2.05, 4.69) is 10.6 Å². The number of piperidine rings is 1. The average molecular weight is 357 g/mol. The third-order valence-corrected chi connectivity index (χ3v) is 4.07. The van der Waals surface area contributed by atoms with Crippen LogP contribution >= 0.6 is 12.4 Å². The standard InChI is InChI=1S/C18H28N2O3.ClH/c1-3-22-15-6-7-17(23-4-2)16(13-15)20-18(21)8-5-14-9-11-19-12-10-14;/h6-7,13-14,19H,3-5,8-12H2,1-2H3,(H,20,21);1H. The molecule has 136 valence electrons. The average Bonchev–Trinajstić information content (AvgIpc) is 2.57. The fourth-order valence-corrected chi connectivity index (χ4v) is 2.86. The molecule has 0 radical (unpaired) electrons. The number of ether oxygens (including phenoxy) is 2. The van der Waals surface area contributed by atoms with Gasteiger partial charge in [-0.05, 0) is 64.3 Å². The number of hydrogen-bond donors (Lipinski definition) is 2. The molecule has 1 aliphatic heterocycles. The first kappa shape index (κ1) is 20.6. The van der Waals surface area contributed by atoms with Crippen LogP contribution in [0.5, 0.6) is 11.5 Å². The van der Waals surface area contributed by atoms with E-state index in [9.17, 15) is 4.79 Å². The summed E-state index contributed by atoms with van der Waals surface area (Å²) in [5, 5.41) is 6.33. The molecule has 0 aromatic heterocycles. The summed E-state index contributed by atoms with van der Waals surface area (Å²) in [7, 11) is 0. The third-order valence-electron chi connectivity index (χ3n) is 4.07. The molecule has 0 bridgehead atoms. The van der Waals surface area contributed by atoms with Crippen molar-refractivity contribution in [3.63, 3.8) is 0 Å². The number of nitrogens with one attached hydrogen (secondary N) is 2. The number of halogens is 1. The van der Waals surface area contributed by atoms with Gasteiger partial charge in [-0.1, -0.05) is 0 Å². The number of hydrogen-bond acceptors (Lipinski definition) is 4. The van der Waals surface area contributed by atoms with Gasteiger partial charge in [-0.25, -0.2) is 0 Å². The zero-order valence-corrected chi connectivity index (χ0v) is 15.4. The first-order chi connectivity index (χ1) is 11.2. The lowest BCUT2D eigenvalue weighted by Gasteiger charge is -2.22. The van der Waals surface area contributed by atoms with Gasteiger partial charge in [0.15, 0.2) is 0 Å². The van der Waals surface area contributed by atoms with Crippen LogP contribution in [0.25, 0.3) is 0 Å². The highest BCUT2D eigenvalue weighted by Crippen LogP contribution is 2.30. The second-order valence-electron chi connectivity index (χ2n) is 5.80. The van der Waals surface area contributed by atoms with E-state index >= 15 is 0 Å². The van der Waals surface area contributed by atoms with Gasteiger partial charge >= 0.3 is 0 Å². The molecule has 0 saturated carbocycles. The molecule has 0 atom stereocenters. The van der Waals surface area contributed by atoms with E-state index in [0.29, 0.717) is 37.0 Å². The molecule has 1 saturated heterocycles. The Balaban J connectivity index is 0.00000288. The summed E-state index contributed by atoms with van der Waals surface area (Å²) < 4.78 is 11.1. The molecule has 1 aliphatic rings. The van der Waals surface area contributed by atoms with Crippen molar-refractivity contribution in [2.24, 2.45) is 5.92 Å². The van der Waals surface area contributed by atoms with Crippen molar-refractivity contribution in [1.82, 2.24) is 5.32 Å². The van der Waals surface area contributed by atoms with Gasteiger partial charge in [0.1, 0.15) is 11.5 Å². The van der Waals surface area contributed by atoms with Crippen molar-refractivity contribution in [1.29, 1.82) is 0 Å². The largest absolute Gasteiger partial charge is 0.494 e. The Labute approximate surface area is 150 Å². The molecule has 5 nitrogen and oxygen atoms in total. The van der Waals surface area contributed by atoms with E-state index in [4.69, 9.17) is 9.47 Å². The summed E-state index contributed by atoms with van der Waals surface area (Å²) in [5.41, 5.74) is 0.688. The molecular weight excluding hydrogens is 328 g/mol. The van der Waals surface area contributed by atoms with E-state index in [1.54, 1.807) is 0 Å². The number of benzene rings is 1. The monoisotopic (exact) mass is 356 g/mol. The van der Waals surface area contributed by atoms with Gasteiger partial charge in [0.05, 0.1) is 18.9 Å². The molecule has 2 rings (SSSR count). The van der Waals surface area contributed by atoms with Crippen LogP contribution in [0.2, 0.25) is 0 Å². The lowest BCUT2D eigenvalue weighted by atomic mass is 9.93. The smallest absolute Gasteiger partial charge is 0.224 e. The van der Waals surface area contributed by atoms with Crippen LogP contribution in [-0.4, -0.2) is 32.2 Å². The Morgan fingerprint density at radius 2 is 1.92 bits per heavy atom. The highest BCUT2D eigenvalue weighted by atomic mass is 35.5. The molecule has 0 spiro atoms. The van der Waals surface area contributed by atoms with E-state index in [1.165, 1.54) is 0 Å². The van der Waals surface area contributed by atoms with E-state index in [0.717, 1.165) is 38.1 Å². The molecule has 1 fully saturated rings. The summed E-state index contributed by atoms with van der Waals surface area (Å²) in [5.74, 6) is 2.12. The topological polar surface area (TPSA) is 59.6 Å². The normalized spacial score (nSPS) is 14.6. The number of rotatable bonds is 8. The minimum absolute atomic E-state index is 0. The summed E-state index contributed by atoms with van der Waals surface area (Å²) in [6.45, 7) is 7.16. The summed E-state index contributed by atoms with van der Waals surface area (Å²) >= 11 is 0. The SMILES string of the molecule is CCOc1ccc(OCC)c(NC(=O)CCC2CCNCC2)c1.Cl. The fraction of sp³-hybridized carbons (Fsp3) is 0.611. The third kappa shape index (κ3) is 6.57. The first-order valence-corrected chi connectivity index (χ1v) is 8.63. The van der Waals surface area contributed by atoms with E-state index in [1.807, 2.05) is 32.0 Å². The lowest BCUT2D eigenvalue weighted by Crippen LogP contribution is -2.28. The zero-order valence-electron chi connectivity index (χ0n) is 14.6. The molecule has 1 heterocycles. The van der Waals surface area contributed by atoms with Gasteiger partial charge in [-0.15, -0.1) is 12.4 Å². The van der Waals surface area contributed by atoms with Crippen molar-refractivity contribution in [2.45, 2.75) is 39.5 Å². The van der Waals surface area contributed by atoms with Crippen molar-refractivity contribution in [2.75, 3.05) is 31.6 Å². The molecule has 1 amide bonds. The minimum Gasteiger partial charge on any atom is -0.494 e. The predicted octanol–water partition coefficient (Wildman–Crippen LogP) is 3.62. The Kier molecular flexibility index (Phi) is 9.57. The van der Waals surface area contributed by atoms with Crippen LogP contribution in [0.15, 0.2) is 18.2 Å². The molecule has 6 heteroatoms. The maximum absolute atomic E-state index is 12.3. The Hall–Kier alpha value is -1.46. The Morgan fingerprint density at radius 1 is 1.21 bits per heavy atom. The van der Waals surface area contributed by atoms with Crippen LogP contribution in [0.3, 0.4) is 0 Å². The number of carbonyl (C=O) groups is 1. The Bertz CT molecular complexity index is 505. The fourth-order valence-electron chi connectivity index (χ4n) is 2.86. The summed E-state index contributed by atoms with van der Waals surface area (Å²) in [4.78, 5) is 12.3. The van der Waals surface area contributed by atoms with Crippen molar-refractivity contribution in [3.05, 3.63) is 18.2 Å². The van der Waals surface area contributed by atoms with Crippen molar-refractivity contribution in [3.8, 4) is 11.5 Å². The maximum Gasteiger partial charge on any atom is 0.224 e. The highest BCUT2D eigenvalue weighted by molar-refractivity contribution is 5.92. The molecule has 1 aromatic carbocycles.